The number of allylic oxidation sites excluding steroid dienone is 2. The number of anilines is 1. The molecule has 1 aliphatic carbocycles. The highest BCUT2D eigenvalue weighted by Gasteiger charge is 2.42. The molecule has 2 aliphatic rings. The lowest BCUT2D eigenvalue weighted by atomic mass is 9.69. The smallest absolute Gasteiger partial charge is 0.257 e. The Morgan fingerprint density at radius 1 is 1.09 bits per heavy atom. The number of nitrogens with zero attached hydrogens (tertiary/aromatic N) is 1. The van der Waals surface area contributed by atoms with E-state index < -0.39 is 5.92 Å². The zero-order valence-corrected chi connectivity index (χ0v) is 21.9. The van der Waals surface area contributed by atoms with E-state index in [0.717, 1.165) is 27.7 Å². The van der Waals surface area contributed by atoms with Gasteiger partial charge in [-0.1, -0.05) is 77.4 Å². The van der Waals surface area contributed by atoms with E-state index in [9.17, 15) is 9.59 Å². The van der Waals surface area contributed by atoms with Gasteiger partial charge in [-0.25, -0.2) is 4.98 Å². The van der Waals surface area contributed by atoms with Crippen molar-refractivity contribution in [1.82, 2.24) is 9.97 Å². The molecule has 0 spiro atoms. The maximum atomic E-state index is 13.4. The summed E-state index contributed by atoms with van der Waals surface area (Å²) in [6.07, 6.45) is 1.18. The molecule has 2 N–H and O–H groups in total. The second kappa shape index (κ2) is 9.02. The topological polar surface area (TPSA) is 74.8 Å². The number of Topliss-reactive ketones (excluding diaryl/α,β-unsaturated/α-hetero) is 1. The first-order valence-corrected chi connectivity index (χ1v) is 13.2. The Hall–Kier alpha value is -2.35. The van der Waals surface area contributed by atoms with Gasteiger partial charge in [0.05, 0.1) is 5.56 Å². The van der Waals surface area contributed by atoms with Crippen molar-refractivity contribution in [3.8, 4) is 0 Å². The molecule has 0 saturated carbocycles. The molecular weight excluding hydrogens is 534 g/mol. The predicted octanol–water partition coefficient (Wildman–Crippen LogP) is 6.68. The van der Waals surface area contributed by atoms with Crippen molar-refractivity contribution >= 4 is 50.9 Å². The molecule has 1 aromatic heterocycles. The van der Waals surface area contributed by atoms with Crippen molar-refractivity contribution in [2.45, 2.75) is 43.5 Å². The number of hydrogen-bond donors (Lipinski definition) is 2. The zero-order valence-electron chi connectivity index (χ0n) is 18.7. The normalized spacial score (nSPS) is 18.8. The van der Waals surface area contributed by atoms with E-state index in [-0.39, 0.29) is 16.8 Å². The summed E-state index contributed by atoms with van der Waals surface area (Å²) in [5.41, 5.74) is 3.65. The minimum absolute atomic E-state index is 0.0814. The summed E-state index contributed by atoms with van der Waals surface area (Å²) in [6.45, 7) is 4.19. The molecule has 8 heteroatoms. The molecule has 0 fully saturated rings. The molecule has 0 amide bonds. The summed E-state index contributed by atoms with van der Waals surface area (Å²) in [5, 5.41) is 4.59. The van der Waals surface area contributed by atoms with Crippen LogP contribution in [0, 0.1) is 5.41 Å². The first kappa shape index (κ1) is 23.4. The lowest BCUT2D eigenvalue weighted by Crippen LogP contribution is -2.37. The summed E-state index contributed by atoms with van der Waals surface area (Å²) in [6, 6.07) is 15.4. The minimum atomic E-state index is -0.450. The molecule has 5 rings (SSSR count). The van der Waals surface area contributed by atoms with Crippen molar-refractivity contribution < 1.29 is 4.79 Å². The summed E-state index contributed by atoms with van der Waals surface area (Å²) in [7, 11) is 0. The Kier molecular flexibility index (Phi) is 6.21. The van der Waals surface area contributed by atoms with Gasteiger partial charge in [0, 0.05) is 38.9 Å². The van der Waals surface area contributed by atoms with Gasteiger partial charge in [0.2, 0.25) is 0 Å². The molecule has 2 aromatic carbocycles. The standard InChI is InChI=1S/C26H23BrClN3O2S/c1-26(2)11-18-21(19(32)12-26)20(15-5-7-16(27)8-6-15)22-23(29-18)30-25(31-24(22)33)34-13-14-3-9-17(28)10-4-14/h3-10,20H,11-13H2,1-2H3,(H2,29,30,31,33)/t20-/m0/s1. The first-order chi connectivity index (χ1) is 16.2. The van der Waals surface area contributed by atoms with Gasteiger partial charge in [-0.15, -0.1) is 0 Å². The van der Waals surface area contributed by atoms with E-state index in [1.54, 1.807) is 0 Å². The Bertz CT molecular complexity index is 1360. The lowest BCUT2D eigenvalue weighted by molar-refractivity contribution is -0.118. The fourth-order valence-corrected chi connectivity index (χ4v) is 5.89. The molecule has 0 saturated heterocycles. The van der Waals surface area contributed by atoms with Crippen LogP contribution in [0.4, 0.5) is 5.82 Å². The monoisotopic (exact) mass is 555 g/mol. The van der Waals surface area contributed by atoms with Crippen LogP contribution in [0.2, 0.25) is 5.02 Å². The number of aromatic amines is 1. The quantitative estimate of drug-likeness (QED) is 0.277. The maximum absolute atomic E-state index is 13.4. The van der Waals surface area contributed by atoms with E-state index in [4.69, 9.17) is 16.6 Å². The molecule has 0 bridgehead atoms. The van der Waals surface area contributed by atoms with Gasteiger partial charge in [-0.2, -0.15) is 0 Å². The van der Waals surface area contributed by atoms with Gasteiger partial charge in [0.1, 0.15) is 5.82 Å². The van der Waals surface area contributed by atoms with Crippen LogP contribution < -0.4 is 10.9 Å². The number of rotatable bonds is 4. The van der Waals surface area contributed by atoms with Crippen molar-refractivity contribution in [3.63, 3.8) is 0 Å². The van der Waals surface area contributed by atoms with Gasteiger partial charge in [-0.05, 0) is 47.2 Å². The van der Waals surface area contributed by atoms with Crippen molar-refractivity contribution in [1.29, 1.82) is 0 Å². The van der Waals surface area contributed by atoms with Crippen LogP contribution in [0.15, 0.2) is 74.2 Å². The third-order valence-corrected chi connectivity index (χ3v) is 7.92. The van der Waals surface area contributed by atoms with E-state index >= 15 is 0 Å². The summed E-state index contributed by atoms with van der Waals surface area (Å²) >= 11 is 10.9. The Labute approximate surface area is 215 Å². The number of hydrogen-bond acceptors (Lipinski definition) is 5. The molecule has 2 heterocycles. The van der Waals surface area contributed by atoms with Crippen LogP contribution in [0.5, 0.6) is 0 Å². The van der Waals surface area contributed by atoms with E-state index in [1.807, 2.05) is 48.5 Å². The van der Waals surface area contributed by atoms with Gasteiger partial charge >= 0.3 is 0 Å². The first-order valence-electron chi connectivity index (χ1n) is 11.0. The van der Waals surface area contributed by atoms with Gasteiger partial charge in [0.25, 0.3) is 5.56 Å². The van der Waals surface area contributed by atoms with Gasteiger partial charge in [-0.3, -0.25) is 9.59 Å². The summed E-state index contributed by atoms with van der Waals surface area (Å²) in [5.74, 6) is 0.807. The van der Waals surface area contributed by atoms with Gasteiger partial charge in [0.15, 0.2) is 10.9 Å². The molecule has 0 unspecified atom stereocenters. The highest BCUT2D eigenvalue weighted by atomic mass is 79.9. The molecule has 1 atom stereocenters. The summed E-state index contributed by atoms with van der Waals surface area (Å²) in [4.78, 5) is 34.4. The number of halogens is 2. The van der Waals surface area contributed by atoms with Crippen LogP contribution in [0.1, 0.15) is 49.3 Å². The van der Waals surface area contributed by atoms with Crippen molar-refractivity contribution in [2.75, 3.05) is 5.32 Å². The predicted molar refractivity (Wildman–Crippen MR) is 141 cm³/mol. The molecule has 34 heavy (non-hydrogen) atoms. The van der Waals surface area contributed by atoms with E-state index in [0.29, 0.717) is 39.3 Å². The molecule has 1 aliphatic heterocycles. The number of thioether (sulfide) groups is 1. The number of ketones is 1. The molecule has 3 aromatic rings. The molecule has 0 radical (unpaired) electrons. The van der Waals surface area contributed by atoms with Crippen LogP contribution >= 0.6 is 39.3 Å². The molecule has 5 nitrogen and oxygen atoms in total. The molecular formula is C26H23BrClN3O2S. The SMILES string of the molecule is CC1(C)CC(=O)C2=C(C1)Nc1nc(SCc3ccc(Cl)cc3)[nH]c(=O)c1[C@H]2c1ccc(Br)cc1. The van der Waals surface area contributed by atoms with E-state index in [2.05, 4.69) is 40.1 Å². The number of fused-ring (bicyclic) bond motifs is 1. The Morgan fingerprint density at radius 3 is 2.50 bits per heavy atom. The number of H-pyrrole nitrogens is 1. The number of aromatic nitrogens is 2. The van der Waals surface area contributed by atoms with Crippen LogP contribution in [-0.4, -0.2) is 15.8 Å². The van der Waals surface area contributed by atoms with Crippen molar-refractivity contribution in [3.05, 3.63) is 96.3 Å². The average molecular weight is 557 g/mol. The fourth-order valence-electron chi connectivity index (χ4n) is 4.68. The lowest BCUT2D eigenvalue weighted by Gasteiger charge is -2.38. The fraction of sp³-hybridized carbons (Fsp3) is 0.269. The highest BCUT2D eigenvalue weighted by molar-refractivity contribution is 9.10. The third kappa shape index (κ3) is 4.61. The van der Waals surface area contributed by atoms with Crippen LogP contribution in [0.25, 0.3) is 0 Å². The van der Waals surface area contributed by atoms with Crippen LogP contribution in [-0.2, 0) is 10.5 Å². The largest absolute Gasteiger partial charge is 0.343 e. The second-order valence-electron chi connectivity index (χ2n) is 9.49. The summed E-state index contributed by atoms with van der Waals surface area (Å²) < 4.78 is 0.941. The molecule has 174 valence electrons. The number of carbonyl (C=O) groups excluding carboxylic acids is 1. The third-order valence-electron chi connectivity index (χ3n) is 6.19. The number of carbonyl (C=O) groups is 1. The Morgan fingerprint density at radius 2 is 1.79 bits per heavy atom. The maximum Gasteiger partial charge on any atom is 0.257 e. The van der Waals surface area contributed by atoms with E-state index in [1.165, 1.54) is 11.8 Å². The number of nitrogens with one attached hydrogen (secondary N) is 2. The number of benzene rings is 2. The van der Waals surface area contributed by atoms with Crippen LogP contribution in [0.3, 0.4) is 0 Å². The van der Waals surface area contributed by atoms with Crippen molar-refractivity contribution in [2.24, 2.45) is 5.41 Å². The minimum Gasteiger partial charge on any atom is -0.343 e. The Balaban J connectivity index is 1.57. The highest BCUT2D eigenvalue weighted by Crippen LogP contribution is 2.47. The second-order valence-corrected chi connectivity index (χ2v) is 11.8. The van der Waals surface area contributed by atoms with Gasteiger partial charge < -0.3 is 10.3 Å². The average Bonchev–Trinajstić information content (AvgIpc) is 2.77. The zero-order chi connectivity index (χ0) is 24.0.